The number of hydrogen-bond acceptors (Lipinski definition) is 5. The van der Waals surface area contributed by atoms with Crippen LogP contribution >= 0.6 is 0 Å². The van der Waals surface area contributed by atoms with E-state index in [1.54, 1.807) is 11.0 Å². The van der Waals surface area contributed by atoms with Crippen LogP contribution in [0.5, 0.6) is 0 Å². The van der Waals surface area contributed by atoms with Gasteiger partial charge in [-0.3, -0.25) is 9.59 Å². The zero-order chi connectivity index (χ0) is 14.8. The second-order valence-corrected chi connectivity index (χ2v) is 5.72. The predicted molar refractivity (Wildman–Crippen MR) is 74.6 cm³/mol. The van der Waals surface area contributed by atoms with Crippen LogP contribution in [0.4, 0.5) is 0 Å². The van der Waals surface area contributed by atoms with Crippen LogP contribution in [0.2, 0.25) is 0 Å². The van der Waals surface area contributed by atoms with Crippen molar-refractivity contribution >= 4 is 11.8 Å². The lowest BCUT2D eigenvalue weighted by Crippen LogP contribution is -2.48. The fourth-order valence-corrected chi connectivity index (χ4v) is 2.62. The van der Waals surface area contributed by atoms with E-state index in [9.17, 15) is 9.59 Å². The number of amides is 2. The summed E-state index contributed by atoms with van der Waals surface area (Å²) in [5, 5.41) is 6.79. The van der Waals surface area contributed by atoms with Crippen molar-refractivity contribution in [3.63, 3.8) is 0 Å². The SMILES string of the molecule is NCC(=O)N1CCC(NC(=O)c2cc(C3CC3)on2)CC1. The van der Waals surface area contributed by atoms with Crippen LogP contribution in [0.1, 0.15) is 47.8 Å². The van der Waals surface area contributed by atoms with Crippen LogP contribution in [0.3, 0.4) is 0 Å². The number of piperidine rings is 1. The molecule has 1 aliphatic heterocycles. The highest BCUT2D eigenvalue weighted by atomic mass is 16.5. The maximum atomic E-state index is 12.1. The summed E-state index contributed by atoms with van der Waals surface area (Å²) in [6.45, 7) is 1.31. The van der Waals surface area contributed by atoms with Crippen molar-refractivity contribution in [1.82, 2.24) is 15.4 Å². The molecule has 2 heterocycles. The Hall–Kier alpha value is -1.89. The Balaban J connectivity index is 1.50. The Kier molecular flexibility index (Phi) is 3.92. The summed E-state index contributed by atoms with van der Waals surface area (Å²) < 4.78 is 5.18. The van der Waals surface area contributed by atoms with Gasteiger partial charge >= 0.3 is 0 Å². The lowest BCUT2D eigenvalue weighted by Gasteiger charge is -2.32. The van der Waals surface area contributed by atoms with Gasteiger partial charge in [-0.1, -0.05) is 5.16 Å². The summed E-state index contributed by atoms with van der Waals surface area (Å²) in [4.78, 5) is 25.3. The maximum Gasteiger partial charge on any atom is 0.273 e. The number of nitrogens with zero attached hydrogens (tertiary/aromatic N) is 2. The van der Waals surface area contributed by atoms with Gasteiger partial charge in [0, 0.05) is 31.1 Å². The Morgan fingerprint density at radius 1 is 1.33 bits per heavy atom. The molecule has 2 amide bonds. The minimum absolute atomic E-state index is 0.0367. The van der Waals surface area contributed by atoms with E-state index in [1.165, 1.54) is 0 Å². The van der Waals surface area contributed by atoms with Crippen LogP contribution < -0.4 is 11.1 Å². The minimum atomic E-state index is -0.200. The van der Waals surface area contributed by atoms with E-state index in [0.717, 1.165) is 31.4 Å². The topological polar surface area (TPSA) is 101 Å². The molecule has 3 N–H and O–H groups in total. The van der Waals surface area contributed by atoms with Gasteiger partial charge in [0.2, 0.25) is 5.91 Å². The first-order chi connectivity index (χ1) is 10.2. The summed E-state index contributed by atoms with van der Waals surface area (Å²) in [6.07, 6.45) is 3.71. The Morgan fingerprint density at radius 2 is 2.05 bits per heavy atom. The molecule has 0 aromatic carbocycles. The van der Waals surface area contributed by atoms with Crippen molar-refractivity contribution in [2.24, 2.45) is 5.73 Å². The molecule has 0 bridgehead atoms. The molecule has 1 saturated carbocycles. The van der Waals surface area contributed by atoms with Gasteiger partial charge in [-0.25, -0.2) is 0 Å². The maximum absolute atomic E-state index is 12.1. The third-order valence-electron chi connectivity index (χ3n) is 4.10. The molecule has 0 radical (unpaired) electrons. The molecule has 3 rings (SSSR count). The number of aromatic nitrogens is 1. The summed E-state index contributed by atoms with van der Waals surface area (Å²) in [5.41, 5.74) is 5.69. The van der Waals surface area contributed by atoms with Crippen LogP contribution in [-0.4, -0.2) is 47.5 Å². The van der Waals surface area contributed by atoms with E-state index in [-0.39, 0.29) is 24.4 Å². The van der Waals surface area contributed by atoms with Crippen molar-refractivity contribution in [2.45, 2.75) is 37.6 Å². The lowest BCUT2D eigenvalue weighted by molar-refractivity contribution is -0.130. The smallest absolute Gasteiger partial charge is 0.273 e. The van der Waals surface area contributed by atoms with E-state index >= 15 is 0 Å². The van der Waals surface area contributed by atoms with E-state index < -0.39 is 0 Å². The molecule has 2 fully saturated rings. The van der Waals surface area contributed by atoms with Gasteiger partial charge < -0.3 is 20.5 Å². The van der Waals surface area contributed by atoms with Gasteiger partial charge in [0.25, 0.3) is 5.91 Å². The average molecular weight is 292 g/mol. The largest absolute Gasteiger partial charge is 0.360 e. The average Bonchev–Trinajstić information content (AvgIpc) is 3.24. The molecule has 21 heavy (non-hydrogen) atoms. The van der Waals surface area contributed by atoms with E-state index in [4.69, 9.17) is 10.3 Å². The Bertz CT molecular complexity index is 530. The fraction of sp³-hybridized carbons (Fsp3) is 0.643. The van der Waals surface area contributed by atoms with Gasteiger partial charge in [-0.15, -0.1) is 0 Å². The first-order valence-electron chi connectivity index (χ1n) is 7.42. The number of carbonyl (C=O) groups is 2. The third kappa shape index (κ3) is 3.24. The number of nitrogens with one attached hydrogen (secondary N) is 1. The summed E-state index contributed by atoms with van der Waals surface area (Å²) in [5.74, 6) is 1.02. The van der Waals surface area contributed by atoms with Gasteiger partial charge in [0.1, 0.15) is 5.76 Å². The molecule has 1 aromatic heterocycles. The van der Waals surface area contributed by atoms with Gasteiger partial charge in [-0.05, 0) is 25.7 Å². The van der Waals surface area contributed by atoms with Crippen LogP contribution in [0, 0.1) is 0 Å². The van der Waals surface area contributed by atoms with E-state index in [2.05, 4.69) is 10.5 Å². The van der Waals surface area contributed by atoms with Gasteiger partial charge in [-0.2, -0.15) is 0 Å². The summed E-state index contributed by atoms with van der Waals surface area (Å²) >= 11 is 0. The molecule has 7 heteroatoms. The Labute approximate surface area is 122 Å². The van der Waals surface area contributed by atoms with Gasteiger partial charge in [0.15, 0.2) is 5.69 Å². The quantitative estimate of drug-likeness (QED) is 0.827. The third-order valence-corrected chi connectivity index (χ3v) is 4.10. The number of likely N-dealkylation sites (tertiary alicyclic amines) is 1. The normalized spacial score (nSPS) is 19.6. The molecule has 1 saturated heterocycles. The van der Waals surface area contributed by atoms with Crippen molar-refractivity contribution in [2.75, 3.05) is 19.6 Å². The molecule has 0 atom stereocenters. The second-order valence-electron chi connectivity index (χ2n) is 5.72. The standard InChI is InChI=1S/C14H20N4O3/c15-8-13(19)18-5-3-10(4-6-18)16-14(20)11-7-12(21-17-11)9-1-2-9/h7,9-10H,1-6,8,15H2,(H,16,20). The minimum Gasteiger partial charge on any atom is -0.360 e. The molecule has 0 spiro atoms. The highest BCUT2D eigenvalue weighted by Crippen LogP contribution is 2.40. The van der Waals surface area contributed by atoms with Crippen LogP contribution in [-0.2, 0) is 4.79 Å². The van der Waals surface area contributed by atoms with Gasteiger partial charge in [0.05, 0.1) is 6.54 Å². The van der Waals surface area contributed by atoms with Crippen molar-refractivity contribution in [1.29, 1.82) is 0 Å². The fourth-order valence-electron chi connectivity index (χ4n) is 2.62. The van der Waals surface area contributed by atoms with Crippen LogP contribution in [0.15, 0.2) is 10.6 Å². The lowest BCUT2D eigenvalue weighted by atomic mass is 10.0. The molecular formula is C14H20N4O3. The molecule has 1 aromatic rings. The number of hydrogen-bond donors (Lipinski definition) is 2. The van der Waals surface area contributed by atoms with E-state index in [0.29, 0.717) is 24.7 Å². The van der Waals surface area contributed by atoms with Crippen molar-refractivity contribution < 1.29 is 14.1 Å². The van der Waals surface area contributed by atoms with Crippen molar-refractivity contribution in [3.8, 4) is 0 Å². The summed E-state index contributed by atoms with van der Waals surface area (Å²) in [7, 11) is 0. The highest BCUT2D eigenvalue weighted by molar-refractivity contribution is 5.92. The Morgan fingerprint density at radius 3 is 2.67 bits per heavy atom. The molecule has 2 aliphatic rings. The number of carbonyl (C=O) groups excluding carboxylic acids is 2. The molecule has 7 nitrogen and oxygen atoms in total. The van der Waals surface area contributed by atoms with Crippen molar-refractivity contribution in [3.05, 3.63) is 17.5 Å². The number of rotatable bonds is 4. The molecular weight excluding hydrogens is 272 g/mol. The molecule has 0 unspecified atom stereocenters. The second kappa shape index (κ2) is 5.85. The number of nitrogens with two attached hydrogens (primary N) is 1. The highest BCUT2D eigenvalue weighted by Gasteiger charge is 2.29. The first kappa shape index (κ1) is 14.1. The molecule has 114 valence electrons. The molecule has 1 aliphatic carbocycles. The predicted octanol–water partition coefficient (Wildman–Crippen LogP) is 0.231. The zero-order valence-corrected chi connectivity index (χ0v) is 11.9. The first-order valence-corrected chi connectivity index (χ1v) is 7.42. The van der Waals surface area contributed by atoms with E-state index in [1.807, 2.05) is 0 Å². The summed E-state index contributed by atoms with van der Waals surface area (Å²) in [6, 6.07) is 1.81. The monoisotopic (exact) mass is 292 g/mol. The van der Waals surface area contributed by atoms with Crippen LogP contribution in [0.25, 0.3) is 0 Å². The zero-order valence-electron chi connectivity index (χ0n) is 11.9.